The van der Waals surface area contributed by atoms with E-state index in [2.05, 4.69) is 0 Å². The molecule has 0 bridgehead atoms. The summed E-state index contributed by atoms with van der Waals surface area (Å²) in [6.07, 6.45) is 0.892. The van der Waals surface area contributed by atoms with Gasteiger partial charge in [0.25, 0.3) is 5.69 Å². The molecular formula is C16H18N2O3. The zero-order chi connectivity index (χ0) is 15.2. The molecule has 110 valence electrons. The van der Waals surface area contributed by atoms with E-state index in [9.17, 15) is 10.1 Å². The minimum absolute atomic E-state index is 0.0497. The highest BCUT2D eigenvalue weighted by atomic mass is 16.6. The Hall–Kier alpha value is -2.40. The molecule has 1 atom stereocenters. The number of hydrogen-bond acceptors (Lipinski definition) is 4. The molecule has 2 aromatic rings. The third-order valence-electron chi connectivity index (χ3n) is 3.30. The first-order valence-electron chi connectivity index (χ1n) is 6.82. The molecular weight excluding hydrogens is 268 g/mol. The fraction of sp³-hybridized carbons (Fsp3) is 0.250. The van der Waals surface area contributed by atoms with Crippen LogP contribution in [0.15, 0.2) is 48.5 Å². The molecule has 5 nitrogen and oxygen atoms in total. The number of non-ortho nitro benzene ring substituents is 1. The minimum atomic E-state index is -0.416. The molecule has 0 saturated heterocycles. The standard InChI is InChI=1S/C16H18N2O3/c1-2-16(17)13-5-9-15(10-6-13)21-11-12-3-7-14(8-4-12)18(19)20/h3-10,16H,2,11,17H2,1H3/t16-/m0/s1. The van der Waals surface area contributed by atoms with Crippen LogP contribution in [-0.4, -0.2) is 4.92 Å². The maximum absolute atomic E-state index is 10.6. The lowest BCUT2D eigenvalue weighted by Gasteiger charge is -2.11. The molecule has 0 spiro atoms. The highest BCUT2D eigenvalue weighted by Crippen LogP contribution is 2.19. The number of hydrogen-bond donors (Lipinski definition) is 1. The van der Waals surface area contributed by atoms with Crippen LogP contribution in [-0.2, 0) is 6.61 Å². The van der Waals surface area contributed by atoms with Crippen LogP contribution >= 0.6 is 0 Å². The Balaban J connectivity index is 1.95. The van der Waals surface area contributed by atoms with Gasteiger partial charge < -0.3 is 10.5 Å². The zero-order valence-electron chi connectivity index (χ0n) is 11.9. The summed E-state index contributed by atoms with van der Waals surface area (Å²) < 4.78 is 5.65. The van der Waals surface area contributed by atoms with Crippen molar-refractivity contribution in [1.29, 1.82) is 0 Å². The van der Waals surface area contributed by atoms with E-state index in [1.807, 2.05) is 31.2 Å². The fourth-order valence-electron chi connectivity index (χ4n) is 1.93. The molecule has 2 N–H and O–H groups in total. The molecule has 0 saturated carbocycles. The van der Waals surface area contributed by atoms with Crippen molar-refractivity contribution in [2.24, 2.45) is 5.73 Å². The van der Waals surface area contributed by atoms with Gasteiger partial charge in [-0.05, 0) is 41.8 Å². The first-order chi connectivity index (χ1) is 10.1. The Kier molecular flexibility index (Phi) is 4.90. The maximum atomic E-state index is 10.6. The van der Waals surface area contributed by atoms with E-state index in [1.165, 1.54) is 12.1 Å². The van der Waals surface area contributed by atoms with Gasteiger partial charge in [0.2, 0.25) is 0 Å². The van der Waals surface area contributed by atoms with Gasteiger partial charge in [0.15, 0.2) is 0 Å². The lowest BCUT2D eigenvalue weighted by molar-refractivity contribution is -0.384. The van der Waals surface area contributed by atoms with Crippen LogP contribution in [0.2, 0.25) is 0 Å². The second-order valence-corrected chi connectivity index (χ2v) is 4.80. The van der Waals surface area contributed by atoms with Gasteiger partial charge in [-0.3, -0.25) is 10.1 Å². The van der Waals surface area contributed by atoms with E-state index in [4.69, 9.17) is 10.5 Å². The molecule has 0 unspecified atom stereocenters. The van der Waals surface area contributed by atoms with E-state index in [0.29, 0.717) is 6.61 Å². The SMILES string of the molecule is CC[C@H](N)c1ccc(OCc2ccc([N+](=O)[O-])cc2)cc1. The highest BCUT2D eigenvalue weighted by Gasteiger charge is 2.05. The number of nitro benzene ring substituents is 1. The largest absolute Gasteiger partial charge is 0.489 e. The van der Waals surface area contributed by atoms with Crippen LogP contribution in [0.5, 0.6) is 5.75 Å². The van der Waals surface area contributed by atoms with E-state index in [1.54, 1.807) is 12.1 Å². The van der Waals surface area contributed by atoms with E-state index in [-0.39, 0.29) is 11.7 Å². The van der Waals surface area contributed by atoms with E-state index >= 15 is 0 Å². The monoisotopic (exact) mass is 286 g/mol. The Bertz CT molecular complexity index is 594. The topological polar surface area (TPSA) is 78.4 Å². The third-order valence-corrected chi connectivity index (χ3v) is 3.30. The van der Waals surface area contributed by atoms with Crippen molar-refractivity contribution >= 4 is 5.69 Å². The van der Waals surface area contributed by atoms with Crippen molar-refractivity contribution < 1.29 is 9.66 Å². The molecule has 0 heterocycles. The summed E-state index contributed by atoms with van der Waals surface area (Å²) >= 11 is 0. The number of nitrogens with two attached hydrogens (primary N) is 1. The van der Waals surface area contributed by atoms with Gasteiger partial charge in [-0.1, -0.05) is 19.1 Å². The molecule has 0 fully saturated rings. The van der Waals surface area contributed by atoms with Gasteiger partial charge in [-0.25, -0.2) is 0 Å². The van der Waals surface area contributed by atoms with Crippen molar-refractivity contribution in [2.45, 2.75) is 26.0 Å². The lowest BCUT2D eigenvalue weighted by atomic mass is 10.1. The predicted octanol–water partition coefficient (Wildman–Crippen LogP) is 3.58. The first-order valence-corrected chi connectivity index (χ1v) is 6.82. The fourth-order valence-corrected chi connectivity index (χ4v) is 1.93. The van der Waals surface area contributed by atoms with Gasteiger partial charge >= 0.3 is 0 Å². The predicted molar refractivity (Wildman–Crippen MR) is 81.1 cm³/mol. The van der Waals surface area contributed by atoms with Gasteiger partial charge in [0.05, 0.1) is 4.92 Å². The normalized spacial score (nSPS) is 11.9. The van der Waals surface area contributed by atoms with Gasteiger partial charge in [0, 0.05) is 18.2 Å². The number of ether oxygens (including phenoxy) is 1. The molecule has 0 aliphatic carbocycles. The molecule has 21 heavy (non-hydrogen) atoms. The van der Waals surface area contributed by atoms with E-state index < -0.39 is 4.92 Å². The Morgan fingerprint density at radius 2 is 1.76 bits per heavy atom. The van der Waals surface area contributed by atoms with Gasteiger partial charge in [0.1, 0.15) is 12.4 Å². The molecule has 0 aliphatic heterocycles. The van der Waals surface area contributed by atoms with Crippen LogP contribution in [0, 0.1) is 10.1 Å². The number of nitro groups is 1. The summed E-state index contributed by atoms with van der Waals surface area (Å²) in [4.78, 5) is 10.2. The Labute approximate surface area is 123 Å². The van der Waals surface area contributed by atoms with Crippen LogP contribution < -0.4 is 10.5 Å². The number of rotatable bonds is 6. The molecule has 0 amide bonds. The van der Waals surface area contributed by atoms with Gasteiger partial charge in [-0.15, -0.1) is 0 Å². The lowest BCUT2D eigenvalue weighted by Crippen LogP contribution is -2.08. The van der Waals surface area contributed by atoms with Gasteiger partial charge in [-0.2, -0.15) is 0 Å². The van der Waals surface area contributed by atoms with Crippen molar-refractivity contribution in [3.63, 3.8) is 0 Å². The Morgan fingerprint density at radius 1 is 1.14 bits per heavy atom. The zero-order valence-corrected chi connectivity index (χ0v) is 11.9. The average molecular weight is 286 g/mol. The smallest absolute Gasteiger partial charge is 0.269 e. The van der Waals surface area contributed by atoms with E-state index in [0.717, 1.165) is 23.3 Å². The highest BCUT2D eigenvalue weighted by molar-refractivity contribution is 5.33. The maximum Gasteiger partial charge on any atom is 0.269 e. The summed E-state index contributed by atoms with van der Waals surface area (Å²) in [5.41, 5.74) is 8.00. The molecule has 0 radical (unpaired) electrons. The van der Waals surface area contributed by atoms with Crippen molar-refractivity contribution in [2.75, 3.05) is 0 Å². The quantitative estimate of drug-likeness (QED) is 0.650. The van der Waals surface area contributed by atoms with Crippen LogP contribution in [0.3, 0.4) is 0 Å². The van der Waals surface area contributed by atoms with Crippen LogP contribution in [0.25, 0.3) is 0 Å². The second kappa shape index (κ2) is 6.85. The molecule has 0 aliphatic rings. The van der Waals surface area contributed by atoms with Crippen LogP contribution in [0.4, 0.5) is 5.69 Å². The summed E-state index contributed by atoms with van der Waals surface area (Å²) in [6.45, 7) is 2.42. The summed E-state index contributed by atoms with van der Waals surface area (Å²) in [5, 5.41) is 10.6. The Morgan fingerprint density at radius 3 is 2.29 bits per heavy atom. The third kappa shape index (κ3) is 4.03. The number of nitrogens with zero attached hydrogens (tertiary/aromatic N) is 1. The molecule has 2 aromatic carbocycles. The van der Waals surface area contributed by atoms with Crippen LogP contribution in [0.1, 0.15) is 30.5 Å². The summed E-state index contributed by atoms with van der Waals surface area (Å²) in [7, 11) is 0. The summed E-state index contributed by atoms with van der Waals surface area (Å²) in [5.74, 6) is 0.750. The second-order valence-electron chi connectivity index (χ2n) is 4.80. The molecule has 0 aromatic heterocycles. The van der Waals surface area contributed by atoms with Crippen molar-refractivity contribution in [1.82, 2.24) is 0 Å². The minimum Gasteiger partial charge on any atom is -0.489 e. The van der Waals surface area contributed by atoms with Crippen molar-refractivity contribution in [3.05, 3.63) is 69.8 Å². The number of benzene rings is 2. The molecule has 2 rings (SSSR count). The van der Waals surface area contributed by atoms with Crippen molar-refractivity contribution in [3.8, 4) is 5.75 Å². The molecule has 5 heteroatoms. The average Bonchev–Trinajstić information content (AvgIpc) is 2.53. The summed E-state index contributed by atoms with van der Waals surface area (Å²) in [6, 6.07) is 14.1. The first kappa shape index (κ1) is 15.0.